The summed E-state index contributed by atoms with van der Waals surface area (Å²) in [4.78, 5) is 0. The first-order chi connectivity index (χ1) is 9.94. The first-order valence-corrected chi connectivity index (χ1v) is 9.40. The van der Waals surface area contributed by atoms with E-state index in [-0.39, 0.29) is 16.5 Å². The number of fused-ring (bicyclic) bond motifs is 1. The van der Waals surface area contributed by atoms with Crippen LogP contribution in [0, 0.1) is 0 Å². The first kappa shape index (κ1) is 16.7. The van der Waals surface area contributed by atoms with Gasteiger partial charge in [0.15, 0.2) is 0 Å². The van der Waals surface area contributed by atoms with E-state index in [2.05, 4.69) is 18.8 Å². The van der Waals surface area contributed by atoms with E-state index in [0.717, 1.165) is 24.3 Å². The summed E-state index contributed by atoms with van der Waals surface area (Å²) in [6, 6.07) is 1.46. The van der Waals surface area contributed by atoms with Gasteiger partial charge in [0, 0.05) is 6.54 Å². The minimum atomic E-state index is -3.52. The Hall–Kier alpha value is -0.670. The van der Waals surface area contributed by atoms with Crippen LogP contribution in [0.15, 0.2) is 14.8 Å². The molecule has 1 aliphatic heterocycles. The highest BCUT2D eigenvalue weighted by Crippen LogP contribution is 2.47. The van der Waals surface area contributed by atoms with Crippen LogP contribution in [-0.4, -0.2) is 27.3 Å². The van der Waals surface area contributed by atoms with E-state index in [9.17, 15) is 8.42 Å². The zero-order valence-corrected chi connectivity index (χ0v) is 14.3. The second kappa shape index (κ2) is 7.06. The molecule has 0 aromatic heterocycles. The molecule has 1 aliphatic rings. The fraction of sp³-hybridized carbons (Fsp3) is 0.455. The molecule has 1 aromatic rings. The van der Waals surface area contributed by atoms with Crippen LogP contribution in [0.1, 0.15) is 13.3 Å². The predicted octanol–water partition coefficient (Wildman–Crippen LogP) is 3.46. The molecule has 0 bridgehead atoms. The third kappa shape index (κ3) is 4.17. The molecule has 21 heavy (non-hydrogen) atoms. The van der Waals surface area contributed by atoms with Crippen molar-refractivity contribution in [1.29, 1.82) is 0 Å². The lowest BCUT2D eigenvalue weighted by Crippen LogP contribution is -2.27. The number of hydrogen-bond donors (Lipinski definition) is 2. The highest BCUT2D eigenvalue weighted by Gasteiger charge is 2.22. The van der Waals surface area contributed by atoms with Crippen LogP contribution in [0.3, 0.4) is 0 Å². The third-order valence-electron chi connectivity index (χ3n) is 2.68. The quantitative estimate of drug-likeness (QED) is 0.733. The number of nitrogens with zero attached hydrogens (tertiary/aromatic N) is 2. The molecular weight excluding hydrogens is 355 g/mol. The van der Waals surface area contributed by atoms with E-state index in [4.69, 9.17) is 23.2 Å². The van der Waals surface area contributed by atoms with Crippen molar-refractivity contribution < 1.29 is 8.42 Å². The molecule has 0 amide bonds. The van der Waals surface area contributed by atoms with E-state index >= 15 is 0 Å². The number of nitrogens with one attached hydrogen (secondary N) is 2. The summed E-state index contributed by atoms with van der Waals surface area (Å²) in [5.74, 6) is -0.0506. The van der Waals surface area contributed by atoms with E-state index in [1.807, 2.05) is 6.92 Å². The largest absolute Gasteiger partial charge is 0.316 e. The maximum absolute atomic E-state index is 12.1. The molecule has 0 atom stereocenters. The summed E-state index contributed by atoms with van der Waals surface area (Å²) >= 11 is 13.0. The fourth-order valence-electron chi connectivity index (χ4n) is 1.69. The van der Waals surface area contributed by atoms with Crippen molar-refractivity contribution >= 4 is 61.6 Å². The monoisotopic (exact) mass is 368 g/mol. The topological polar surface area (TPSA) is 82.9 Å². The number of hydrogen-bond acceptors (Lipinski definition) is 5. The standard InChI is InChI=1S/C11H14Cl2N4O2S2/c1-2-3-14-4-5-21(18,19)17-10-8(13)6-7(12)9-11(10)16-20-15-9/h6,14,17H,2-5H2,1H3. The van der Waals surface area contributed by atoms with Gasteiger partial charge in [-0.2, -0.15) is 8.73 Å². The van der Waals surface area contributed by atoms with Crippen LogP contribution >= 0.6 is 23.2 Å². The maximum atomic E-state index is 12.1. The lowest BCUT2D eigenvalue weighted by atomic mass is 10.2. The van der Waals surface area contributed by atoms with Crippen molar-refractivity contribution in [2.45, 2.75) is 13.3 Å². The minimum absolute atomic E-state index is 0.0506. The molecule has 0 saturated heterocycles. The zero-order valence-electron chi connectivity index (χ0n) is 11.2. The Morgan fingerprint density at radius 1 is 1.19 bits per heavy atom. The molecule has 2 N–H and O–H groups in total. The molecule has 1 aromatic carbocycles. The first-order valence-electron chi connectivity index (χ1n) is 6.26. The molecule has 0 fully saturated rings. The van der Waals surface area contributed by atoms with Gasteiger partial charge in [0.1, 0.15) is 11.4 Å². The van der Waals surface area contributed by atoms with Gasteiger partial charge < -0.3 is 5.32 Å². The Labute approximate surface area is 137 Å². The van der Waals surface area contributed by atoms with Gasteiger partial charge in [-0.05, 0) is 19.0 Å². The second-order valence-electron chi connectivity index (χ2n) is 4.35. The number of anilines is 1. The van der Waals surface area contributed by atoms with Crippen molar-refractivity contribution in [1.82, 2.24) is 5.32 Å². The van der Waals surface area contributed by atoms with Crippen molar-refractivity contribution in [3.05, 3.63) is 16.1 Å². The second-order valence-corrected chi connectivity index (χ2v) is 7.53. The predicted molar refractivity (Wildman–Crippen MR) is 88.6 cm³/mol. The molecule has 0 spiro atoms. The van der Waals surface area contributed by atoms with Gasteiger partial charge in [-0.25, -0.2) is 8.42 Å². The van der Waals surface area contributed by atoms with Crippen molar-refractivity contribution in [3.63, 3.8) is 0 Å². The summed E-state index contributed by atoms with van der Waals surface area (Å²) < 4.78 is 34.7. The van der Waals surface area contributed by atoms with Crippen LogP contribution in [0.25, 0.3) is 0 Å². The van der Waals surface area contributed by atoms with Crippen LogP contribution in [0.4, 0.5) is 17.1 Å². The Kier molecular flexibility index (Phi) is 5.61. The van der Waals surface area contributed by atoms with Gasteiger partial charge in [0.25, 0.3) is 0 Å². The zero-order chi connectivity index (χ0) is 15.5. The van der Waals surface area contributed by atoms with Crippen LogP contribution < -0.4 is 10.0 Å². The average molecular weight is 369 g/mol. The fourth-order valence-corrected chi connectivity index (χ4v) is 3.93. The smallest absolute Gasteiger partial charge is 0.234 e. The summed E-state index contributed by atoms with van der Waals surface area (Å²) in [7, 11) is -3.52. The van der Waals surface area contributed by atoms with Crippen molar-refractivity contribution in [2.75, 3.05) is 23.6 Å². The minimum Gasteiger partial charge on any atom is -0.316 e. The van der Waals surface area contributed by atoms with E-state index in [1.54, 1.807) is 0 Å². The van der Waals surface area contributed by atoms with Crippen LogP contribution in [-0.2, 0) is 21.4 Å². The van der Waals surface area contributed by atoms with Crippen LogP contribution in [0.5, 0.6) is 0 Å². The Bertz CT molecular complexity index is 715. The molecule has 0 radical (unpaired) electrons. The van der Waals surface area contributed by atoms with Gasteiger partial charge in [0.05, 0.1) is 32.8 Å². The van der Waals surface area contributed by atoms with Gasteiger partial charge in [-0.1, -0.05) is 30.1 Å². The summed E-state index contributed by atoms with van der Waals surface area (Å²) in [6.07, 6.45) is 0.946. The van der Waals surface area contributed by atoms with Crippen molar-refractivity contribution in [2.24, 2.45) is 8.73 Å². The summed E-state index contributed by atoms with van der Waals surface area (Å²) in [5.41, 5.74) is 1.02. The van der Waals surface area contributed by atoms with E-state index < -0.39 is 10.0 Å². The highest BCUT2D eigenvalue weighted by atomic mass is 35.5. The summed E-state index contributed by atoms with van der Waals surface area (Å²) in [6.45, 7) is 3.16. The summed E-state index contributed by atoms with van der Waals surface area (Å²) in [5, 5.41) is 3.58. The van der Waals surface area contributed by atoms with Gasteiger partial charge in [-0.3, -0.25) is 4.72 Å². The lowest BCUT2D eigenvalue weighted by molar-refractivity contribution is 0.595. The molecule has 6 nitrogen and oxygen atoms in total. The molecule has 116 valence electrons. The van der Waals surface area contributed by atoms with Gasteiger partial charge in [0.2, 0.25) is 10.0 Å². The number of benzene rings is 1. The molecule has 0 saturated carbocycles. The van der Waals surface area contributed by atoms with Gasteiger partial charge >= 0.3 is 0 Å². The highest BCUT2D eigenvalue weighted by molar-refractivity contribution is 7.92. The lowest BCUT2D eigenvalue weighted by Gasteiger charge is -2.12. The van der Waals surface area contributed by atoms with E-state index in [0.29, 0.717) is 22.9 Å². The molecule has 10 heteroatoms. The van der Waals surface area contributed by atoms with E-state index in [1.165, 1.54) is 6.07 Å². The Morgan fingerprint density at radius 3 is 2.62 bits per heavy atom. The average Bonchev–Trinajstić information content (AvgIpc) is 2.89. The number of rotatable bonds is 7. The number of halogens is 2. The molecule has 0 unspecified atom stereocenters. The molecule has 1 heterocycles. The molecule has 0 aliphatic carbocycles. The third-order valence-corrected chi connectivity index (χ3v) is 5.05. The molecular formula is C11H14Cl2N4O2S2. The van der Waals surface area contributed by atoms with Crippen molar-refractivity contribution in [3.8, 4) is 0 Å². The van der Waals surface area contributed by atoms with Crippen LogP contribution in [0.2, 0.25) is 10.0 Å². The normalized spacial score (nSPS) is 13.1. The van der Waals surface area contributed by atoms with Gasteiger partial charge in [-0.15, -0.1) is 0 Å². The SMILES string of the molecule is CCCNCCS(=O)(=O)Nc1c(Cl)cc(Cl)c2c1N=S=N2. The number of sulfonamides is 1. The Balaban J connectivity index is 2.17. The Morgan fingerprint density at radius 2 is 1.90 bits per heavy atom. The molecule has 2 rings (SSSR count). The maximum Gasteiger partial charge on any atom is 0.234 e.